The van der Waals surface area contributed by atoms with Crippen LogP contribution in [0.15, 0.2) is 62.9 Å². The molecule has 1 amide bonds. The van der Waals surface area contributed by atoms with Gasteiger partial charge in [0.2, 0.25) is 0 Å². The molecule has 1 heterocycles. The van der Waals surface area contributed by atoms with Gasteiger partial charge in [0, 0.05) is 11.5 Å². The van der Waals surface area contributed by atoms with E-state index in [1.165, 1.54) is 11.8 Å². The van der Waals surface area contributed by atoms with Gasteiger partial charge < -0.3 is 0 Å². The van der Waals surface area contributed by atoms with Gasteiger partial charge in [0.05, 0.1) is 10.6 Å². The summed E-state index contributed by atoms with van der Waals surface area (Å²) in [6.45, 7) is 2.01. The molecule has 0 atom stereocenters. The predicted molar refractivity (Wildman–Crippen MR) is 101 cm³/mol. The lowest BCUT2D eigenvalue weighted by molar-refractivity contribution is -0.121. The van der Waals surface area contributed by atoms with Crippen LogP contribution >= 0.6 is 27.7 Å². The van der Waals surface area contributed by atoms with E-state index in [0.717, 1.165) is 21.3 Å². The number of likely N-dealkylation sites (N-methyl/N-ethyl adjacent to an activating group) is 1. The van der Waals surface area contributed by atoms with E-state index >= 15 is 0 Å². The summed E-state index contributed by atoms with van der Waals surface area (Å²) in [6, 6.07) is 15.8. The van der Waals surface area contributed by atoms with Gasteiger partial charge in [-0.3, -0.25) is 9.69 Å². The summed E-state index contributed by atoms with van der Waals surface area (Å²) in [5.41, 5.74) is 2.97. The van der Waals surface area contributed by atoms with Gasteiger partial charge in [-0.05, 0) is 54.1 Å². The van der Waals surface area contributed by atoms with Crippen LogP contribution in [0.25, 0.3) is 6.08 Å². The number of rotatable bonds is 2. The Morgan fingerprint density at radius 1 is 1.13 bits per heavy atom. The second-order valence-corrected chi connectivity index (χ2v) is 7.13. The number of amidine groups is 1. The van der Waals surface area contributed by atoms with Gasteiger partial charge in [0.1, 0.15) is 0 Å². The molecule has 23 heavy (non-hydrogen) atoms. The molecule has 0 unspecified atom stereocenters. The van der Waals surface area contributed by atoms with Crippen molar-refractivity contribution in [2.75, 3.05) is 7.05 Å². The minimum Gasteiger partial charge on any atom is -0.290 e. The number of thioether (sulfide) groups is 1. The number of carbonyl (C=O) groups is 1. The maximum Gasteiger partial charge on any atom is 0.266 e. The molecule has 0 N–H and O–H groups in total. The largest absolute Gasteiger partial charge is 0.290 e. The molecule has 3 nitrogen and oxygen atoms in total. The molecule has 2 aromatic carbocycles. The molecule has 2 aromatic rings. The van der Waals surface area contributed by atoms with Crippen molar-refractivity contribution in [2.45, 2.75) is 6.92 Å². The predicted octanol–water partition coefficient (Wildman–Crippen LogP) is 4.99. The first-order valence-corrected chi connectivity index (χ1v) is 8.73. The molecule has 0 saturated carbocycles. The van der Waals surface area contributed by atoms with E-state index in [2.05, 4.69) is 20.9 Å². The fourth-order valence-corrected chi connectivity index (χ4v) is 3.40. The molecule has 1 aliphatic heterocycles. The summed E-state index contributed by atoms with van der Waals surface area (Å²) < 4.78 is 1.02. The van der Waals surface area contributed by atoms with Crippen LogP contribution in [0.4, 0.5) is 5.69 Å². The van der Waals surface area contributed by atoms with Crippen LogP contribution in [0.1, 0.15) is 11.1 Å². The summed E-state index contributed by atoms with van der Waals surface area (Å²) in [5.74, 6) is -0.0229. The minimum absolute atomic E-state index is 0.0229. The first-order chi connectivity index (χ1) is 11.0. The second kappa shape index (κ2) is 6.72. The van der Waals surface area contributed by atoms with Crippen molar-refractivity contribution >= 4 is 50.5 Å². The lowest BCUT2D eigenvalue weighted by Gasteiger charge is -2.08. The Labute approximate surface area is 148 Å². The highest BCUT2D eigenvalue weighted by atomic mass is 79.9. The summed E-state index contributed by atoms with van der Waals surface area (Å²) >= 11 is 4.82. The zero-order valence-electron chi connectivity index (χ0n) is 12.8. The zero-order valence-corrected chi connectivity index (χ0v) is 15.2. The SMILES string of the molecule is Cc1ccccc1N=C1S/C(=C/c2ccc(Br)cc2)C(=O)N1C. The third-order valence-corrected chi connectivity index (χ3v) is 5.09. The Balaban J connectivity index is 1.91. The lowest BCUT2D eigenvalue weighted by atomic mass is 10.2. The Hall–Kier alpha value is -1.85. The average molecular weight is 387 g/mol. The number of para-hydroxylation sites is 1. The highest BCUT2D eigenvalue weighted by molar-refractivity contribution is 9.10. The fraction of sp³-hybridized carbons (Fsp3) is 0.111. The van der Waals surface area contributed by atoms with Crippen LogP contribution in [-0.4, -0.2) is 23.0 Å². The molecule has 5 heteroatoms. The Kier molecular flexibility index (Phi) is 4.68. The molecule has 116 valence electrons. The number of aryl methyl sites for hydroxylation is 1. The molecule has 0 spiro atoms. The highest BCUT2D eigenvalue weighted by Crippen LogP contribution is 2.33. The van der Waals surface area contributed by atoms with Crippen LogP contribution in [0, 0.1) is 6.92 Å². The van der Waals surface area contributed by atoms with Gasteiger partial charge in [0.15, 0.2) is 5.17 Å². The summed E-state index contributed by atoms with van der Waals surface area (Å²) in [6.07, 6.45) is 1.90. The number of benzene rings is 2. The van der Waals surface area contributed by atoms with E-state index in [-0.39, 0.29) is 5.91 Å². The normalized spacial score (nSPS) is 18.2. The van der Waals surface area contributed by atoms with Crippen LogP contribution in [-0.2, 0) is 4.79 Å². The van der Waals surface area contributed by atoms with Crippen molar-refractivity contribution in [1.29, 1.82) is 0 Å². The van der Waals surface area contributed by atoms with Crippen LogP contribution in [0.5, 0.6) is 0 Å². The molecular weight excluding hydrogens is 372 g/mol. The van der Waals surface area contributed by atoms with Gasteiger partial charge in [0.25, 0.3) is 5.91 Å². The van der Waals surface area contributed by atoms with Crippen molar-refractivity contribution in [1.82, 2.24) is 4.90 Å². The minimum atomic E-state index is -0.0229. The van der Waals surface area contributed by atoms with Crippen molar-refractivity contribution in [3.8, 4) is 0 Å². The van der Waals surface area contributed by atoms with Crippen molar-refractivity contribution in [2.24, 2.45) is 4.99 Å². The standard InChI is InChI=1S/C18H15BrN2OS/c1-12-5-3-4-6-15(12)20-18-21(2)17(22)16(23-18)11-13-7-9-14(19)10-8-13/h3-11H,1-2H3/b16-11+,20-18?. The number of nitrogens with zero attached hydrogens (tertiary/aromatic N) is 2. The molecule has 1 aliphatic rings. The maximum absolute atomic E-state index is 12.4. The Morgan fingerprint density at radius 2 is 1.83 bits per heavy atom. The summed E-state index contributed by atoms with van der Waals surface area (Å²) in [4.78, 5) is 19.3. The molecule has 1 fully saturated rings. The van der Waals surface area contributed by atoms with E-state index in [1.807, 2.05) is 61.5 Å². The molecule has 3 rings (SSSR count). The zero-order chi connectivity index (χ0) is 16.4. The van der Waals surface area contributed by atoms with E-state index in [9.17, 15) is 4.79 Å². The maximum atomic E-state index is 12.4. The smallest absolute Gasteiger partial charge is 0.266 e. The number of hydrogen-bond donors (Lipinski definition) is 0. The summed E-state index contributed by atoms with van der Waals surface area (Å²) in [5, 5.41) is 0.702. The molecular formula is C18H15BrN2OS. The number of halogens is 1. The summed E-state index contributed by atoms with van der Waals surface area (Å²) in [7, 11) is 1.76. The lowest BCUT2D eigenvalue weighted by Crippen LogP contribution is -2.23. The van der Waals surface area contributed by atoms with Crippen LogP contribution < -0.4 is 0 Å². The van der Waals surface area contributed by atoms with Gasteiger partial charge >= 0.3 is 0 Å². The number of hydrogen-bond acceptors (Lipinski definition) is 3. The monoisotopic (exact) mass is 386 g/mol. The van der Waals surface area contributed by atoms with Gasteiger partial charge in [-0.2, -0.15) is 0 Å². The van der Waals surface area contributed by atoms with E-state index in [4.69, 9.17) is 0 Å². The molecule has 0 aliphatic carbocycles. The number of carbonyl (C=O) groups excluding carboxylic acids is 1. The van der Waals surface area contributed by atoms with Gasteiger partial charge in [-0.15, -0.1) is 0 Å². The van der Waals surface area contributed by atoms with E-state index < -0.39 is 0 Å². The quantitative estimate of drug-likeness (QED) is 0.680. The Morgan fingerprint density at radius 3 is 2.52 bits per heavy atom. The number of aliphatic imine (C=N–C) groups is 1. The topological polar surface area (TPSA) is 32.7 Å². The third kappa shape index (κ3) is 3.57. The van der Waals surface area contributed by atoms with Crippen molar-refractivity contribution < 1.29 is 4.79 Å². The first kappa shape index (κ1) is 16.0. The molecule has 0 bridgehead atoms. The van der Waals surface area contributed by atoms with E-state index in [1.54, 1.807) is 11.9 Å². The van der Waals surface area contributed by atoms with Crippen molar-refractivity contribution in [3.63, 3.8) is 0 Å². The van der Waals surface area contributed by atoms with Gasteiger partial charge in [-0.1, -0.05) is 46.3 Å². The Bertz CT molecular complexity index is 812. The van der Waals surface area contributed by atoms with E-state index in [0.29, 0.717) is 10.1 Å². The van der Waals surface area contributed by atoms with Crippen molar-refractivity contribution in [3.05, 3.63) is 69.0 Å². The molecule has 1 saturated heterocycles. The third-order valence-electron chi connectivity index (χ3n) is 3.50. The molecule has 0 aromatic heterocycles. The first-order valence-electron chi connectivity index (χ1n) is 7.12. The van der Waals surface area contributed by atoms with Crippen LogP contribution in [0.3, 0.4) is 0 Å². The van der Waals surface area contributed by atoms with Crippen LogP contribution in [0.2, 0.25) is 0 Å². The number of amides is 1. The second-order valence-electron chi connectivity index (χ2n) is 5.21. The average Bonchev–Trinajstić information content (AvgIpc) is 2.80. The fourth-order valence-electron chi connectivity index (χ4n) is 2.15. The molecule has 0 radical (unpaired) electrons. The highest BCUT2D eigenvalue weighted by Gasteiger charge is 2.30. The van der Waals surface area contributed by atoms with Gasteiger partial charge in [-0.25, -0.2) is 4.99 Å².